The van der Waals surface area contributed by atoms with Gasteiger partial charge in [0.2, 0.25) is 0 Å². The van der Waals surface area contributed by atoms with Gasteiger partial charge in [0.05, 0.1) is 12.7 Å². The highest BCUT2D eigenvalue weighted by atomic mass is 16.5. The van der Waals surface area contributed by atoms with Crippen molar-refractivity contribution in [1.29, 1.82) is 0 Å². The van der Waals surface area contributed by atoms with Crippen molar-refractivity contribution >= 4 is 5.97 Å². The predicted octanol–water partition coefficient (Wildman–Crippen LogP) is 3.00. The number of carbonyl (C=O) groups excluding carboxylic acids is 1. The number of nitrogens with zero attached hydrogens (tertiary/aromatic N) is 1. The zero-order valence-electron chi connectivity index (χ0n) is 11.8. The molecule has 0 saturated carbocycles. The zero-order valence-corrected chi connectivity index (χ0v) is 11.8. The van der Waals surface area contributed by atoms with Crippen molar-refractivity contribution in [2.45, 2.75) is 51.5 Å². The molecule has 0 atom stereocenters. The number of aliphatic hydroxyl groups is 1. The van der Waals surface area contributed by atoms with Crippen molar-refractivity contribution in [3.05, 3.63) is 24.0 Å². The van der Waals surface area contributed by atoms with E-state index in [2.05, 4.69) is 4.74 Å². The molecule has 0 aliphatic heterocycles. The Balaban J connectivity index is 2.06. The molecule has 1 N–H and O–H groups in total. The molecule has 1 rings (SSSR count). The van der Waals surface area contributed by atoms with Crippen LogP contribution in [-0.2, 0) is 11.3 Å². The molecule has 108 valence electrons. The molecule has 1 heterocycles. The number of esters is 1. The summed E-state index contributed by atoms with van der Waals surface area (Å²) in [6, 6.07) is 1.79. The fourth-order valence-electron chi connectivity index (χ4n) is 2.11. The fourth-order valence-corrected chi connectivity index (χ4v) is 2.11. The van der Waals surface area contributed by atoms with Crippen LogP contribution in [0.4, 0.5) is 0 Å². The van der Waals surface area contributed by atoms with Crippen LogP contribution in [0.1, 0.15) is 55.3 Å². The SMILES string of the molecule is COC(=O)c1ccn(CCCCCCCCCO)c1. The molecule has 0 aliphatic rings. The summed E-state index contributed by atoms with van der Waals surface area (Å²) < 4.78 is 6.71. The molecule has 0 unspecified atom stereocenters. The van der Waals surface area contributed by atoms with Crippen LogP contribution in [0.25, 0.3) is 0 Å². The first-order valence-electron chi connectivity index (χ1n) is 7.13. The maximum atomic E-state index is 11.3. The molecule has 0 bridgehead atoms. The average Bonchev–Trinajstić information content (AvgIpc) is 2.89. The minimum absolute atomic E-state index is 0.275. The topological polar surface area (TPSA) is 51.5 Å². The molecule has 0 spiro atoms. The lowest BCUT2D eigenvalue weighted by atomic mass is 10.1. The largest absolute Gasteiger partial charge is 0.465 e. The molecule has 0 radical (unpaired) electrons. The van der Waals surface area contributed by atoms with Gasteiger partial charge in [-0.25, -0.2) is 4.79 Å². The number of unbranched alkanes of at least 4 members (excludes halogenated alkanes) is 6. The molecule has 0 fully saturated rings. The molecule has 0 aromatic carbocycles. The van der Waals surface area contributed by atoms with E-state index in [1.54, 1.807) is 6.07 Å². The smallest absolute Gasteiger partial charge is 0.339 e. The summed E-state index contributed by atoms with van der Waals surface area (Å²) in [5.41, 5.74) is 0.617. The fraction of sp³-hybridized carbons (Fsp3) is 0.667. The minimum Gasteiger partial charge on any atom is -0.465 e. The Hall–Kier alpha value is -1.29. The predicted molar refractivity (Wildman–Crippen MR) is 75.2 cm³/mol. The summed E-state index contributed by atoms with van der Waals surface area (Å²) in [5.74, 6) is -0.275. The first-order valence-corrected chi connectivity index (χ1v) is 7.13. The van der Waals surface area contributed by atoms with E-state index in [0.717, 1.165) is 25.8 Å². The lowest BCUT2D eigenvalue weighted by molar-refractivity contribution is 0.0600. The Kier molecular flexibility index (Phi) is 7.98. The summed E-state index contributed by atoms with van der Waals surface area (Å²) in [5, 5.41) is 8.66. The van der Waals surface area contributed by atoms with Gasteiger partial charge in [0.1, 0.15) is 0 Å². The van der Waals surface area contributed by atoms with Gasteiger partial charge >= 0.3 is 5.97 Å². The quantitative estimate of drug-likeness (QED) is 0.523. The van der Waals surface area contributed by atoms with Crippen LogP contribution in [0.15, 0.2) is 18.5 Å². The van der Waals surface area contributed by atoms with Gasteiger partial charge in [-0.05, 0) is 18.9 Å². The second-order valence-electron chi connectivity index (χ2n) is 4.83. The number of hydrogen-bond donors (Lipinski definition) is 1. The third-order valence-corrected chi connectivity index (χ3v) is 3.25. The number of methoxy groups -OCH3 is 1. The normalized spacial score (nSPS) is 10.6. The number of hydrogen-bond acceptors (Lipinski definition) is 3. The van der Waals surface area contributed by atoms with Crippen molar-refractivity contribution in [2.75, 3.05) is 13.7 Å². The lowest BCUT2D eigenvalue weighted by Gasteiger charge is -2.03. The zero-order chi connectivity index (χ0) is 13.9. The number of aromatic nitrogens is 1. The van der Waals surface area contributed by atoms with Gasteiger partial charge in [0.25, 0.3) is 0 Å². The minimum atomic E-state index is -0.275. The number of carbonyl (C=O) groups is 1. The molecule has 1 aromatic heterocycles. The molecule has 0 amide bonds. The van der Waals surface area contributed by atoms with Gasteiger partial charge in [-0.3, -0.25) is 0 Å². The summed E-state index contributed by atoms with van der Waals surface area (Å²) in [4.78, 5) is 11.3. The lowest BCUT2D eigenvalue weighted by Crippen LogP contribution is -2.00. The Morgan fingerprint density at radius 3 is 2.42 bits per heavy atom. The van der Waals surface area contributed by atoms with E-state index in [1.165, 1.54) is 32.8 Å². The van der Waals surface area contributed by atoms with Crippen LogP contribution in [0.2, 0.25) is 0 Å². The number of aryl methyl sites for hydroxylation is 1. The van der Waals surface area contributed by atoms with Gasteiger partial charge in [-0.2, -0.15) is 0 Å². The summed E-state index contributed by atoms with van der Waals surface area (Å²) in [6.45, 7) is 1.27. The highest BCUT2D eigenvalue weighted by Crippen LogP contribution is 2.09. The van der Waals surface area contributed by atoms with E-state index in [4.69, 9.17) is 5.11 Å². The van der Waals surface area contributed by atoms with Gasteiger partial charge in [0.15, 0.2) is 0 Å². The van der Waals surface area contributed by atoms with Crippen LogP contribution in [0.3, 0.4) is 0 Å². The van der Waals surface area contributed by atoms with E-state index in [-0.39, 0.29) is 5.97 Å². The van der Waals surface area contributed by atoms with Crippen molar-refractivity contribution < 1.29 is 14.6 Å². The number of ether oxygens (including phenoxy) is 1. The van der Waals surface area contributed by atoms with Gasteiger partial charge in [0, 0.05) is 25.5 Å². The van der Waals surface area contributed by atoms with Crippen molar-refractivity contribution in [3.8, 4) is 0 Å². The Labute approximate surface area is 115 Å². The molecular weight excluding hydrogens is 242 g/mol. The third kappa shape index (κ3) is 6.43. The molecule has 19 heavy (non-hydrogen) atoms. The molecular formula is C15H25NO3. The van der Waals surface area contributed by atoms with Crippen LogP contribution in [0, 0.1) is 0 Å². The highest BCUT2D eigenvalue weighted by Gasteiger charge is 2.06. The number of rotatable bonds is 10. The Morgan fingerprint density at radius 2 is 1.79 bits per heavy atom. The first kappa shape index (κ1) is 15.8. The standard InChI is InChI=1S/C15H25NO3/c1-19-15(18)14-9-11-16(13-14)10-7-5-3-2-4-6-8-12-17/h9,11,13,17H,2-8,10,12H2,1H3. The van der Waals surface area contributed by atoms with E-state index in [1.807, 2.05) is 17.0 Å². The molecule has 0 saturated heterocycles. The summed E-state index contributed by atoms with van der Waals surface area (Å²) >= 11 is 0. The molecule has 1 aromatic rings. The van der Waals surface area contributed by atoms with Gasteiger partial charge in [-0.15, -0.1) is 0 Å². The number of aliphatic hydroxyl groups excluding tert-OH is 1. The second-order valence-corrected chi connectivity index (χ2v) is 4.83. The summed E-state index contributed by atoms with van der Waals surface area (Å²) in [7, 11) is 1.40. The highest BCUT2D eigenvalue weighted by molar-refractivity contribution is 5.89. The molecule has 4 heteroatoms. The Bertz CT molecular complexity index is 360. The maximum absolute atomic E-state index is 11.3. The van der Waals surface area contributed by atoms with Crippen LogP contribution in [-0.4, -0.2) is 29.4 Å². The maximum Gasteiger partial charge on any atom is 0.339 e. The first-order chi connectivity index (χ1) is 9.27. The van der Waals surface area contributed by atoms with Crippen molar-refractivity contribution in [3.63, 3.8) is 0 Å². The third-order valence-electron chi connectivity index (χ3n) is 3.25. The van der Waals surface area contributed by atoms with Gasteiger partial charge in [-0.1, -0.05) is 32.1 Å². The molecule has 4 nitrogen and oxygen atoms in total. The van der Waals surface area contributed by atoms with E-state index in [0.29, 0.717) is 12.2 Å². The van der Waals surface area contributed by atoms with Crippen molar-refractivity contribution in [2.24, 2.45) is 0 Å². The van der Waals surface area contributed by atoms with E-state index >= 15 is 0 Å². The molecule has 0 aliphatic carbocycles. The van der Waals surface area contributed by atoms with Crippen LogP contribution >= 0.6 is 0 Å². The van der Waals surface area contributed by atoms with Crippen molar-refractivity contribution in [1.82, 2.24) is 4.57 Å². The monoisotopic (exact) mass is 267 g/mol. The van der Waals surface area contributed by atoms with Crippen LogP contribution in [0.5, 0.6) is 0 Å². The summed E-state index contributed by atoms with van der Waals surface area (Å²) in [6.07, 6.45) is 11.9. The Morgan fingerprint density at radius 1 is 1.16 bits per heavy atom. The van der Waals surface area contributed by atoms with E-state index in [9.17, 15) is 4.79 Å². The van der Waals surface area contributed by atoms with E-state index < -0.39 is 0 Å². The second kappa shape index (κ2) is 9.62. The van der Waals surface area contributed by atoms with Gasteiger partial charge < -0.3 is 14.4 Å². The van der Waals surface area contributed by atoms with Crippen LogP contribution < -0.4 is 0 Å². The average molecular weight is 267 g/mol.